The lowest BCUT2D eigenvalue weighted by molar-refractivity contribution is -0.122. The number of nitrogen functional groups attached to an aromatic ring is 1. The van der Waals surface area contributed by atoms with Crippen LogP contribution in [0.5, 0.6) is 0 Å². The number of hydrogen-bond donors (Lipinski definition) is 3. The van der Waals surface area contributed by atoms with Gasteiger partial charge in [-0.1, -0.05) is 19.3 Å². The molecule has 1 aromatic heterocycles. The van der Waals surface area contributed by atoms with Crippen LogP contribution in [-0.2, 0) is 4.79 Å². The van der Waals surface area contributed by atoms with Crippen LogP contribution in [0.4, 0.5) is 5.82 Å². The molecule has 0 saturated heterocycles. The van der Waals surface area contributed by atoms with Crippen molar-refractivity contribution in [2.45, 2.75) is 38.1 Å². The Labute approximate surface area is 117 Å². The summed E-state index contributed by atoms with van der Waals surface area (Å²) < 4.78 is 0. The maximum atomic E-state index is 12.2. The Bertz CT molecular complexity index is 505. The van der Waals surface area contributed by atoms with Gasteiger partial charge >= 0.3 is 0 Å². The smallest absolute Gasteiger partial charge is 0.273 e. The number of anilines is 1. The lowest BCUT2D eigenvalue weighted by Crippen LogP contribution is -2.45. The van der Waals surface area contributed by atoms with Crippen molar-refractivity contribution in [3.63, 3.8) is 0 Å². The number of carbonyl (C=O) groups is 2. The molecular formula is C13H19N5O2. The summed E-state index contributed by atoms with van der Waals surface area (Å²) in [6.07, 6.45) is 7.23. The van der Waals surface area contributed by atoms with E-state index in [0.717, 1.165) is 25.7 Å². The van der Waals surface area contributed by atoms with Gasteiger partial charge in [-0.15, -0.1) is 0 Å². The Morgan fingerprint density at radius 2 is 1.85 bits per heavy atom. The molecular weight excluding hydrogens is 258 g/mol. The van der Waals surface area contributed by atoms with E-state index in [1.54, 1.807) is 0 Å². The summed E-state index contributed by atoms with van der Waals surface area (Å²) in [7, 11) is 0. The Hall–Kier alpha value is -2.18. The third-order valence-corrected chi connectivity index (χ3v) is 3.64. The average Bonchev–Trinajstić information content (AvgIpc) is 2.64. The highest BCUT2D eigenvalue weighted by molar-refractivity contribution is 5.96. The molecule has 1 aliphatic rings. The van der Waals surface area contributed by atoms with Crippen LogP contribution >= 0.6 is 0 Å². The van der Waals surface area contributed by atoms with Gasteiger partial charge in [0, 0.05) is 18.4 Å². The fourth-order valence-electron chi connectivity index (χ4n) is 2.58. The van der Waals surface area contributed by atoms with Gasteiger partial charge in [-0.3, -0.25) is 9.59 Å². The Morgan fingerprint density at radius 3 is 2.55 bits per heavy atom. The Morgan fingerprint density at radius 1 is 1.15 bits per heavy atom. The largest absolute Gasteiger partial charge is 0.382 e. The molecule has 2 rings (SSSR count). The number of aromatic nitrogens is 2. The van der Waals surface area contributed by atoms with Gasteiger partial charge < -0.3 is 16.8 Å². The molecule has 108 valence electrons. The standard InChI is InChI=1S/C13H19N5O2/c14-11-10(16-6-7-17-11)13(20)18-9-5-3-1-2-4-8(9)12(15)19/h6-9H,1-5H2,(H2,14,17)(H2,15,19)(H,18,20). The van der Waals surface area contributed by atoms with Crippen molar-refractivity contribution in [1.82, 2.24) is 15.3 Å². The molecule has 1 saturated carbocycles. The van der Waals surface area contributed by atoms with Gasteiger partial charge in [0.05, 0.1) is 5.92 Å². The monoisotopic (exact) mass is 277 g/mol. The quantitative estimate of drug-likeness (QED) is 0.682. The van der Waals surface area contributed by atoms with Crippen molar-refractivity contribution in [1.29, 1.82) is 0 Å². The van der Waals surface area contributed by atoms with E-state index < -0.39 is 5.91 Å². The van der Waals surface area contributed by atoms with Crippen LogP contribution in [0.1, 0.15) is 42.6 Å². The van der Waals surface area contributed by atoms with Crippen LogP contribution < -0.4 is 16.8 Å². The molecule has 1 aromatic rings. The van der Waals surface area contributed by atoms with Crippen LogP contribution in [0.15, 0.2) is 12.4 Å². The molecule has 7 nitrogen and oxygen atoms in total. The number of nitrogens with one attached hydrogen (secondary N) is 1. The number of nitrogens with two attached hydrogens (primary N) is 2. The van der Waals surface area contributed by atoms with Crippen LogP contribution in [0, 0.1) is 5.92 Å². The molecule has 2 amide bonds. The maximum absolute atomic E-state index is 12.2. The summed E-state index contributed by atoms with van der Waals surface area (Å²) in [5.41, 5.74) is 11.1. The van der Waals surface area contributed by atoms with Crippen molar-refractivity contribution in [2.75, 3.05) is 5.73 Å². The molecule has 2 unspecified atom stereocenters. The van der Waals surface area contributed by atoms with Crippen LogP contribution in [0.3, 0.4) is 0 Å². The summed E-state index contributed by atoms with van der Waals surface area (Å²) >= 11 is 0. The molecule has 0 radical (unpaired) electrons. The second-order valence-corrected chi connectivity index (χ2v) is 5.02. The van der Waals surface area contributed by atoms with E-state index in [1.165, 1.54) is 12.4 Å². The summed E-state index contributed by atoms with van der Waals surface area (Å²) in [4.78, 5) is 31.4. The van der Waals surface area contributed by atoms with Gasteiger partial charge in [0.15, 0.2) is 11.5 Å². The summed E-state index contributed by atoms with van der Waals surface area (Å²) in [6, 6.07) is -0.260. The van der Waals surface area contributed by atoms with Gasteiger partial charge in [-0.25, -0.2) is 9.97 Å². The van der Waals surface area contributed by atoms with Crippen molar-refractivity contribution in [2.24, 2.45) is 11.7 Å². The number of primary amides is 1. The first kappa shape index (κ1) is 14.2. The van der Waals surface area contributed by atoms with Crippen molar-refractivity contribution >= 4 is 17.6 Å². The van der Waals surface area contributed by atoms with Crippen molar-refractivity contribution in [3.05, 3.63) is 18.1 Å². The number of hydrogen-bond acceptors (Lipinski definition) is 5. The molecule has 7 heteroatoms. The van der Waals surface area contributed by atoms with E-state index in [9.17, 15) is 9.59 Å². The minimum atomic E-state index is -0.409. The molecule has 1 fully saturated rings. The molecule has 0 aliphatic heterocycles. The molecule has 0 bridgehead atoms. The van der Waals surface area contributed by atoms with E-state index >= 15 is 0 Å². The van der Waals surface area contributed by atoms with Gasteiger partial charge in [0.1, 0.15) is 0 Å². The summed E-state index contributed by atoms with van der Waals surface area (Å²) in [5, 5.41) is 2.83. The van der Waals surface area contributed by atoms with E-state index in [2.05, 4.69) is 15.3 Å². The van der Waals surface area contributed by atoms with E-state index in [1.807, 2.05) is 0 Å². The lowest BCUT2D eigenvalue weighted by Gasteiger charge is -2.23. The Balaban J connectivity index is 2.12. The zero-order chi connectivity index (χ0) is 14.5. The molecule has 0 aromatic carbocycles. The zero-order valence-electron chi connectivity index (χ0n) is 11.2. The lowest BCUT2D eigenvalue weighted by atomic mass is 9.94. The summed E-state index contributed by atoms with van der Waals surface area (Å²) in [6.45, 7) is 0. The fourth-order valence-corrected chi connectivity index (χ4v) is 2.58. The van der Waals surface area contributed by atoms with Gasteiger partial charge in [-0.2, -0.15) is 0 Å². The molecule has 5 N–H and O–H groups in total. The molecule has 20 heavy (non-hydrogen) atoms. The second-order valence-electron chi connectivity index (χ2n) is 5.02. The first-order valence-corrected chi connectivity index (χ1v) is 6.76. The number of carbonyl (C=O) groups excluding carboxylic acids is 2. The minimum absolute atomic E-state index is 0.0780. The number of amides is 2. The van der Waals surface area contributed by atoms with Gasteiger partial charge in [0.25, 0.3) is 5.91 Å². The summed E-state index contributed by atoms with van der Waals surface area (Å²) in [5.74, 6) is -1.04. The predicted molar refractivity (Wildman–Crippen MR) is 73.5 cm³/mol. The minimum Gasteiger partial charge on any atom is -0.382 e. The highest BCUT2D eigenvalue weighted by Crippen LogP contribution is 2.23. The third kappa shape index (κ3) is 3.23. The second kappa shape index (κ2) is 6.31. The van der Waals surface area contributed by atoms with E-state index in [-0.39, 0.29) is 29.4 Å². The molecule has 1 aliphatic carbocycles. The van der Waals surface area contributed by atoms with Crippen LogP contribution in [0.25, 0.3) is 0 Å². The Kier molecular flexibility index (Phi) is 4.49. The number of rotatable bonds is 3. The average molecular weight is 277 g/mol. The molecule has 1 heterocycles. The van der Waals surface area contributed by atoms with Crippen LogP contribution in [0.2, 0.25) is 0 Å². The topological polar surface area (TPSA) is 124 Å². The molecule has 0 spiro atoms. The highest BCUT2D eigenvalue weighted by atomic mass is 16.2. The molecule has 2 atom stereocenters. The van der Waals surface area contributed by atoms with E-state index in [4.69, 9.17) is 11.5 Å². The van der Waals surface area contributed by atoms with Gasteiger partial charge in [0.2, 0.25) is 5.91 Å². The maximum Gasteiger partial charge on any atom is 0.273 e. The first-order chi connectivity index (χ1) is 9.59. The van der Waals surface area contributed by atoms with Crippen molar-refractivity contribution < 1.29 is 9.59 Å². The van der Waals surface area contributed by atoms with Crippen LogP contribution in [-0.4, -0.2) is 27.8 Å². The SMILES string of the molecule is NC(=O)C1CCCCCC1NC(=O)c1nccnc1N. The fraction of sp³-hybridized carbons (Fsp3) is 0.538. The highest BCUT2D eigenvalue weighted by Gasteiger charge is 2.30. The number of nitrogens with zero attached hydrogens (tertiary/aromatic N) is 2. The third-order valence-electron chi connectivity index (χ3n) is 3.64. The van der Waals surface area contributed by atoms with E-state index in [0.29, 0.717) is 6.42 Å². The predicted octanol–water partition coefficient (Wildman–Crippen LogP) is 0.223. The zero-order valence-corrected chi connectivity index (χ0v) is 11.2. The first-order valence-electron chi connectivity index (χ1n) is 6.76. The van der Waals surface area contributed by atoms with Gasteiger partial charge in [-0.05, 0) is 12.8 Å². The normalized spacial score (nSPS) is 22.8. The van der Waals surface area contributed by atoms with Crippen molar-refractivity contribution in [3.8, 4) is 0 Å².